The minimum Gasteiger partial charge on any atom is -0.354 e. The van der Waals surface area contributed by atoms with E-state index < -0.39 is 0 Å². The van der Waals surface area contributed by atoms with Crippen molar-refractivity contribution in [2.45, 2.75) is 52.0 Å². The second-order valence-corrected chi connectivity index (χ2v) is 9.27. The van der Waals surface area contributed by atoms with E-state index in [9.17, 15) is 0 Å². The number of aryl methyl sites for hydroxylation is 2. The fourth-order valence-electron chi connectivity index (χ4n) is 3.57. The summed E-state index contributed by atoms with van der Waals surface area (Å²) in [5.41, 5.74) is 2.54. The number of rotatable bonds is 3. The maximum absolute atomic E-state index is 4.84. The van der Waals surface area contributed by atoms with Crippen molar-refractivity contribution in [3.8, 4) is 0 Å². The molecule has 0 bridgehead atoms. The monoisotopic (exact) mass is 357 g/mol. The van der Waals surface area contributed by atoms with Crippen LogP contribution in [0.2, 0.25) is 0 Å². The average Bonchev–Trinajstić information content (AvgIpc) is 3.16. The lowest BCUT2D eigenvalue weighted by atomic mass is 9.92. The number of nitrogens with zero attached hydrogens (tertiary/aromatic N) is 5. The highest BCUT2D eigenvalue weighted by molar-refractivity contribution is 7.11. The molecule has 0 radical (unpaired) electrons. The fourth-order valence-corrected chi connectivity index (χ4v) is 4.77. The molecule has 3 heterocycles. The molecule has 0 spiro atoms. The molecule has 0 amide bonds. The molecule has 25 heavy (non-hydrogen) atoms. The van der Waals surface area contributed by atoms with Crippen molar-refractivity contribution in [3.05, 3.63) is 33.7 Å². The van der Waals surface area contributed by atoms with Gasteiger partial charge in [0, 0.05) is 42.5 Å². The van der Waals surface area contributed by atoms with Gasteiger partial charge < -0.3 is 4.90 Å². The molecule has 5 nitrogen and oxygen atoms in total. The van der Waals surface area contributed by atoms with Crippen LogP contribution in [0.1, 0.15) is 48.5 Å². The highest BCUT2D eigenvalue weighted by atomic mass is 32.1. The summed E-state index contributed by atoms with van der Waals surface area (Å²) in [5, 5.41) is 1.30. The summed E-state index contributed by atoms with van der Waals surface area (Å²) < 4.78 is 0. The van der Waals surface area contributed by atoms with Crippen LogP contribution >= 0.6 is 11.3 Å². The molecule has 1 aliphatic carbocycles. The Balaban J connectivity index is 1.36. The summed E-state index contributed by atoms with van der Waals surface area (Å²) in [7, 11) is 0. The Morgan fingerprint density at radius 1 is 1.08 bits per heavy atom. The standard InChI is InChI=1S/C19H27N5S/c1-19(2,3)16-11-17(21-13-20-16)24-9-7-23(8-10-24)12-18-22-14-5-4-6-15(14)25-18/h11,13H,4-10,12H2,1-3H3. The third kappa shape index (κ3) is 3.70. The molecule has 0 aromatic carbocycles. The number of thiazole rings is 1. The van der Waals surface area contributed by atoms with Gasteiger partial charge in [0.1, 0.15) is 17.2 Å². The maximum Gasteiger partial charge on any atom is 0.132 e. The van der Waals surface area contributed by atoms with Crippen LogP contribution in [-0.2, 0) is 24.8 Å². The Kier molecular flexibility index (Phi) is 4.50. The summed E-state index contributed by atoms with van der Waals surface area (Å²) in [6.45, 7) is 11.8. The number of hydrogen-bond acceptors (Lipinski definition) is 6. The number of hydrogen-bond donors (Lipinski definition) is 0. The lowest BCUT2D eigenvalue weighted by molar-refractivity contribution is 0.249. The summed E-state index contributed by atoms with van der Waals surface area (Å²) in [5.74, 6) is 1.06. The topological polar surface area (TPSA) is 45.2 Å². The Morgan fingerprint density at radius 3 is 2.60 bits per heavy atom. The molecule has 134 valence electrons. The Hall–Kier alpha value is -1.53. The van der Waals surface area contributed by atoms with Crippen LogP contribution in [0, 0.1) is 0 Å². The molecule has 1 fully saturated rings. The van der Waals surface area contributed by atoms with Gasteiger partial charge in [0.2, 0.25) is 0 Å². The smallest absolute Gasteiger partial charge is 0.132 e. The van der Waals surface area contributed by atoms with Gasteiger partial charge in [-0.25, -0.2) is 15.0 Å². The van der Waals surface area contributed by atoms with E-state index in [4.69, 9.17) is 4.98 Å². The van der Waals surface area contributed by atoms with Crippen LogP contribution in [0.25, 0.3) is 0 Å². The van der Waals surface area contributed by atoms with Crippen LogP contribution in [0.4, 0.5) is 5.82 Å². The molecule has 0 N–H and O–H groups in total. The first-order chi connectivity index (χ1) is 12.0. The van der Waals surface area contributed by atoms with Gasteiger partial charge in [-0.1, -0.05) is 20.8 Å². The van der Waals surface area contributed by atoms with Crippen molar-refractivity contribution >= 4 is 17.2 Å². The second kappa shape index (κ2) is 6.65. The first-order valence-electron chi connectivity index (χ1n) is 9.26. The van der Waals surface area contributed by atoms with Gasteiger partial charge in [0.05, 0.1) is 17.9 Å². The van der Waals surface area contributed by atoms with Gasteiger partial charge >= 0.3 is 0 Å². The van der Waals surface area contributed by atoms with Gasteiger partial charge in [-0.3, -0.25) is 4.90 Å². The summed E-state index contributed by atoms with van der Waals surface area (Å²) in [4.78, 5) is 20.2. The van der Waals surface area contributed by atoms with E-state index in [1.54, 1.807) is 6.33 Å². The van der Waals surface area contributed by atoms with Crippen LogP contribution in [0.3, 0.4) is 0 Å². The third-order valence-corrected chi connectivity index (χ3v) is 6.26. The van der Waals surface area contributed by atoms with Gasteiger partial charge in [-0.2, -0.15) is 0 Å². The largest absolute Gasteiger partial charge is 0.354 e. The molecule has 2 aliphatic rings. The van der Waals surface area contributed by atoms with Crippen molar-refractivity contribution in [1.29, 1.82) is 0 Å². The lowest BCUT2D eigenvalue weighted by Crippen LogP contribution is -2.46. The molecule has 6 heteroatoms. The number of anilines is 1. The van der Waals surface area contributed by atoms with Crippen LogP contribution in [-0.4, -0.2) is 46.0 Å². The number of piperazine rings is 1. The molecular weight excluding hydrogens is 330 g/mol. The van der Waals surface area contributed by atoms with Gasteiger partial charge in [-0.15, -0.1) is 11.3 Å². The van der Waals surface area contributed by atoms with Gasteiger partial charge in [0.15, 0.2) is 0 Å². The van der Waals surface area contributed by atoms with E-state index in [-0.39, 0.29) is 5.41 Å². The number of aromatic nitrogens is 3. The first-order valence-corrected chi connectivity index (χ1v) is 10.1. The van der Waals surface area contributed by atoms with Gasteiger partial charge in [-0.05, 0) is 19.3 Å². The highest BCUT2D eigenvalue weighted by Crippen LogP contribution is 2.28. The van der Waals surface area contributed by atoms with Crippen molar-refractivity contribution in [2.75, 3.05) is 31.1 Å². The van der Waals surface area contributed by atoms with Crippen molar-refractivity contribution < 1.29 is 0 Å². The van der Waals surface area contributed by atoms with Gasteiger partial charge in [0.25, 0.3) is 0 Å². The molecule has 1 saturated heterocycles. The average molecular weight is 358 g/mol. The second-order valence-electron chi connectivity index (χ2n) is 8.11. The molecule has 1 aliphatic heterocycles. The molecule has 0 atom stereocenters. The van der Waals surface area contributed by atoms with E-state index in [0.717, 1.165) is 44.2 Å². The first kappa shape index (κ1) is 16.9. The Labute approximate surface area is 154 Å². The zero-order valence-electron chi connectivity index (χ0n) is 15.5. The lowest BCUT2D eigenvalue weighted by Gasteiger charge is -2.35. The van der Waals surface area contributed by atoms with Crippen molar-refractivity contribution in [3.63, 3.8) is 0 Å². The minimum absolute atomic E-state index is 0.0603. The molecule has 2 aromatic heterocycles. The quantitative estimate of drug-likeness (QED) is 0.845. The predicted molar refractivity (Wildman–Crippen MR) is 102 cm³/mol. The van der Waals surface area contributed by atoms with E-state index in [2.05, 4.69) is 46.6 Å². The normalized spacial score (nSPS) is 18.6. The SMILES string of the molecule is CC(C)(C)c1cc(N2CCN(Cc3nc4c(s3)CCC4)CC2)ncn1. The van der Waals surface area contributed by atoms with Crippen LogP contribution < -0.4 is 4.90 Å². The molecule has 0 unspecified atom stereocenters. The van der Waals surface area contributed by atoms with E-state index in [1.165, 1.54) is 34.8 Å². The third-order valence-electron chi connectivity index (χ3n) is 5.12. The summed E-state index contributed by atoms with van der Waals surface area (Å²) >= 11 is 1.93. The van der Waals surface area contributed by atoms with Crippen LogP contribution in [0.15, 0.2) is 12.4 Å². The number of fused-ring (bicyclic) bond motifs is 1. The minimum atomic E-state index is 0.0603. The Morgan fingerprint density at radius 2 is 1.88 bits per heavy atom. The molecule has 0 saturated carbocycles. The fraction of sp³-hybridized carbons (Fsp3) is 0.632. The summed E-state index contributed by atoms with van der Waals surface area (Å²) in [6.07, 6.45) is 5.43. The van der Waals surface area contributed by atoms with E-state index in [1.807, 2.05) is 11.3 Å². The maximum atomic E-state index is 4.84. The predicted octanol–water partition coefficient (Wildman–Crippen LogP) is 3.04. The van der Waals surface area contributed by atoms with Crippen LogP contribution in [0.5, 0.6) is 0 Å². The summed E-state index contributed by atoms with van der Waals surface area (Å²) in [6, 6.07) is 2.15. The zero-order valence-corrected chi connectivity index (χ0v) is 16.3. The molecule has 2 aromatic rings. The van der Waals surface area contributed by atoms with E-state index in [0.29, 0.717) is 0 Å². The van der Waals surface area contributed by atoms with E-state index >= 15 is 0 Å². The zero-order chi connectivity index (χ0) is 17.4. The van der Waals surface area contributed by atoms with Crippen molar-refractivity contribution in [1.82, 2.24) is 19.9 Å². The molecule has 4 rings (SSSR count). The Bertz CT molecular complexity index is 719. The van der Waals surface area contributed by atoms with Crippen molar-refractivity contribution in [2.24, 2.45) is 0 Å². The molecular formula is C19H27N5S. The highest BCUT2D eigenvalue weighted by Gasteiger charge is 2.23.